The lowest BCUT2D eigenvalue weighted by Gasteiger charge is -2.27. The lowest BCUT2D eigenvalue weighted by Crippen LogP contribution is -2.42. The molecule has 0 unspecified atom stereocenters. The number of carbonyl (C=O) groups excluding carboxylic acids is 3. The first-order chi connectivity index (χ1) is 17.5. The molecule has 0 radical (unpaired) electrons. The molecule has 0 heterocycles. The van der Waals surface area contributed by atoms with Crippen LogP contribution in [0.5, 0.6) is 11.5 Å². The number of esters is 1. The number of hydrogen-bond acceptors (Lipinski definition) is 8. The molecule has 0 saturated heterocycles. The van der Waals surface area contributed by atoms with Gasteiger partial charge in [-0.2, -0.15) is 0 Å². The van der Waals surface area contributed by atoms with Crippen molar-refractivity contribution in [3.05, 3.63) is 23.8 Å². The average molecular weight is 524 g/mol. The van der Waals surface area contributed by atoms with Gasteiger partial charge >= 0.3 is 12.1 Å². The summed E-state index contributed by atoms with van der Waals surface area (Å²) >= 11 is 0. The number of amides is 2. The van der Waals surface area contributed by atoms with Gasteiger partial charge in [-0.05, 0) is 77.6 Å². The van der Waals surface area contributed by atoms with Crippen LogP contribution in [0.1, 0.15) is 58.9 Å². The van der Waals surface area contributed by atoms with Gasteiger partial charge in [0.1, 0.15) is 11.6 Å². The Morgan fingerprint density at radius 3 is 2.19 bits per heavy atom. The Bertz CT molecular complexity index is 855. The number of rotatable bonds is 16. The molecule has 0 fully saturated rings. The summed E-state index contributed by atoms with van der Waals surface area (Å²) in [6.07, 6.45) is 2.75. The number of ether oxygens (including phenoxy) is 4. The molecular formula is C27H45N3O7. The molecule has 0 aromatic heterocycles. The van der Waals surface area contributed by atoms with E-state index in [1.54, 1.807) is 14.2 Å². The molecule has 1 aromatic rings. The normalized spacial score (nSPS) is 12.0. The van der Waals surface area contributed by atoms with Gasteiger partial charge in [-0.15, -0.1) is 0 Å². The third-order valence-corrected chi connectivity index (χ3v) is 5.66. The van der Waals surface area contributed by atoms with E-state index in [4.69, 9.17) is 18.9 Å². The molecule has 0 spiro atoms. The molecule has 2 amide bonds. The second-order valence-corrected chi connectivity index (χ2v) is 9.76. The Kier molecular flexibility index (Phi) is 14.4. The summed E-state index contributed by atoms with van der Waals surface area (Å²) in [5.74, 6) is 0.961. The summed E-state index contributed by atoms with van der Waals surface area (Å²) in [4.78, 5) is 38.2. The highest BCUT2D eigenvalue weighted by molar-refractivity contribution is 5.76. The van der Waals surface area contributed by atoms with Crippen LogP contribution in [0.25, 0.3) is 0 Å². The molecular weight excluding hydrogens is 478 g/mol. The second-order valence-electron chi connectivity index (χ2n) is 9.76. The van der Waals surface area contributed by atoms with Crippen LogP contribution in [0.15, 0.2) is 18.2 Å². The lowest BCUT2D eigenvalue weighted by atomic mass is 10.1. The number of carbonyl (C=O) groups is 3. The Labute approximate surface area is 221 Å². The van der Waals surface area contributed by atoms with Crippen molar-refractivity contribution in [2.45, 2.75) is 71.4 Å². The first kappa shape index (κ1) is 32.0. The molecule has 0 bridgehead atoms. The summed E-state index contributed by atoms with van der Waals surface area (Å²) < 4.78 is 20.7. The number of nitrogens with zero attached hydrogens (tertiary/aromatic N) is 1. The van der Waals surface area contributed by atoms with Crippen LogP contribution in [0.3, 0.4) is 0 Å². The molecule has 37 heavy (non-hydrogen) atoms. The third-order valence-electron chi connectivity index (χ3n) is 5.66. The highest BCUT2D eigenvalue weighted by atomic mass is 16.6. The van der Waals surface area contributed by atoms with E-state index < -0.39 is 17.7 Å². The topological polar surface area (TPSA) is 115 Å². The van der Waals surface area contributed by atoms with Crippen molar-refractivity contribution >= 4 is 18.0 Å². The van der Waals surface area contributed by atoms with Crippen molar-refractivity contribution in [3.8, 4) is 11.5 Å². The van der Waals surface area contributed by atoms with Gasteiger partial charge in [0.05, 0.1) is 21.3 Å². The van der Waals surface area contributed by atoms with Crippen LogP contribution in [-0.2, 0) is 25.5 Å². The fraction of sp³-hybridized carbons (Fsp3) is 0.667. The Balaban J connectivity index is 2.40. The largest absolute Gasteiger partial charge is 0.493 e. The lowest BCUT2D eigenvalue weighted by molar-refractivity contribution is -0.146. The number of hydrogen-bond donors (Lipinski definition) is 2. The highest BCUT2D eigenvalue weighted by Crippen LogP contribution is 2.27. The molecule has 0 aliphatic heterocycles. The maximum absolute atomic E-state index is 12.3. The monoisotopic (exact) mass is 523 g/mol. The van der Waals surface area contributed by atoms with Crippen LogP contribution < -0.4 is 20.1 Å². The van der Waals surface area contributed by atoms with Crippen LogP contribution in [0, 0.1) is 0 Å². The molecule has 0 aliphatic rings. The first-order valence-electron chi connectivity index (χ1n) is 12.8. The van der Waals surface area contributed by atoms with E-state index in [0.29, 0.717) is 56.9 Å². The molecule has 2 N–H and O–H groups in total. The van der Waals surface area contributed by atoms with Crippen molar-refractivity contribution in [2.75, 3.05) is 47.5 Å². The number of methoxy groups -OCH3 is 3. The van der Waals surface area contributed by atoms with Crippen LogP contribution in [0.4, 0.5) is 4.79 Å². The minimum atomic E-state index is -0.532. The summed E-state index contributed by atoms with van der Waals surface area (Å²) in [6.45, 7) is 9.57. The molecule has 210 valence electrons. The Morgan fingerprint density at radius 2 is 1.57 bits per heavy atom. The minimum Gasteiger partial charge on any atom is -0.493 e. The Hall–Kier alpha value is -3.01. The standard InChI is InChI=1S/C27H45N3O7/c1-20(25(32)36-7)30(17-9-8-15-29-26(33)37-27(2,3)4)18-10-16-28-24(31)14-12-21-11-13-22(34-5)23(19-21)35-6/h11,13,19-20H,8-10,12,14-18H2,1-7H3,(H,28,31)(H,29,33)/t20-/m0/s1. The van der Waals surface area contributed by atoms with E-state index in [2.05, 4.69) is 10.6 Å². The van der Waals surface area contributed by atoms with Gasteiger partial charge in [-0.3, -0.25) is 14.5 Å². The number of nitrogens with one attached hydrogen (secondary N) is 2. The molecule has 1 rings (SSSR count). The van der Waals surface area contributed by atoms with Gasteiger partial charge in [-0.25, -0.2) is 4.79 Å². The zero-order chi connectivity index (χ0) is 27.8. The van der Waals surface area contributed by atoms with Gasteiger partial charge in [-0.1, -0.05) is 6.07 Å². The SMILES string of the molecule is COC(=O)[C@H](C)N(CCCCNC(=O)OC(C)(C)C)CCCNC(=O)CCc1ccc(OC)c(OC)c1. The fourth-order valence-corrected chi connectivity index (χ4v) is 3.66. The number of aryl methyl sites for hydroxylation is 1. The number of benzene rings is 1. The predicted octanol–water partition coefficient (Wildman–Crippen LogP) is 3.31. The van der Waals surface area contributed by atoms with Gasteiger partial charge in [0.2, 0.25) is 5.91 Å². The van der Waals surface area contributed by atoms with Crippen molar-refractivity contribution in [1.29, 1.82) is 0 Å². The quantitative estimate of drug-likeness (QED) is 0.251. The van der Waals surface area contributed by atoms with Crippen molar-refractivity contribution in [3.63, 3.8) is 0 Å². The second kappa shape index (κ2) is 16.7. The third kappa shape index (κ3) is 13.2. The summed E-state index contributed by atoms with van der Waals surface area (Å²) in [5, 5.41) is 5.69. The predicted molar refractivity (Wildman–Crippen MR) is 142 cm³/mol. The number of alkyl carbamates (subject to hydrolysis) is 1. The molecule has 1 atom stereocenters. The van der Waals surface area contributed by atoms with E-state index in [1.165, 1.54) is 7.11 Å². The smallest absolute Gasteiger partial charge is 0.407 e. The maximum atomic E-state index is 12.3. The zero-order valence-electron chi connectivity index (χ0n) is 23.5. The first-order valence-corrected chi connectivity index (χ1v) is 12.8. The maximum Gasteiger partial charge on any atom is 0.407 e. The molecule has 10 nitrogen and oxygen atoms in total. The van der Waals surface area contributed by atoms with Crippen LogP contribution >= 0.6 is 0 Å². The molecule has 0 aliphatic carbocycles. The van der Waals surface area contributed by atoms with Crippen LogP contribution in [0.2, 0.25) is 0 Å². The number of unbranched alkanes of at least 4 members (excludes halogenated alkanes) is 1. The van der Waals surface area contributed by atoms with Crippen molar-refractivity contribution < 1.29 is 33.3 Å². The van der Waals surface area contributed by atoms with E-state index in [1.807, 2.05) is 50.8 Å². The summed E-state index contributed by atoms with van der Waals surface area (Å²) in [5.41, 5.74) is 0.460. The highest BCUT2D eigenvalue weighted by Gasteiger charge is 2.21. The van der Waals surface area contributed by atoms with E-state index in [-0.39, 0.29) is 11.9 Å². The van der Waals surface area contributed by atoms with Gasteiger partial charge in [0.25, 0.3) is 0 Å². The average Bonchev–Trinajstić information content (AvgIpc) is 2.86. The summed E-state index contributed by atoms with van der Waals surface area (Å²) in [7, 11) is 4.54. The van der Waals surface area contributed by atoms with Gasteiger partial charge in [0, 0.05) is 26.1 Å². The molecule has 0 saturated carbocycles. The van der Waals surface area contributed by atoms with E-state index in [0.717, 1.165) is 18.4 Å². The fourth-order valence-electron chi connectivity index (χ4n) is 3.66. The van der Waals surface area contributed by atoms with E-state index >= 15 is 0 Å². The minimum absolute atomic E-state index is 0.0319. The Morgan fingerprint density at radius 1 is 0.919 bits per heavy atom. The zero-order valence-corrected chi connectivity index (χ0v) is 23.5. The van der Waals surface area contributed by atoms with Gasteiger partial charge < -0.3 is 29.6 Å². The summed E-state index contributed by atoms with van der Waals surface area (Å²) in [6, 6.07) is 5.23. The van der Waals surface area contributed by atoms with E-state index in [9.17, 15) is 14.4 Å². The molecule has 10 heteroatoms. The van der Waals surface area contributed by atoms with Crippen LogP contribution in [-0.4, -0.2) is 82.0 Å². The molecule has 1 aromatic carbocycles. The van der Waals surface area contributed by atoms with Gasteiger partial charge in [0.15, 0.2) is 11.5 Å². The van der Waals surface area contributed by atoms with Crippen molar-refractivity contribution in [2.24, 2.45) is 0 Å². The van der Waals surface area contributed by atoms with Crippen molar-refractivity contribution in [1.82, 2.24) is 15.5 Å².